The molecule has 0 saturated heterocycles. The minimum atomic E-state index is 0.0275. The van der Waals surface area contributed by atoms with E-state index in [2.05, 4.69) is 26.1 Å². The van der Waals surface area contributed by atoms with Gasteiger partial charge in [-0.15, -0.1) is 0 Å². The van der Waals surface area contributed by atoms with Crippen molar-refractivity contribution in [2.75, 3.05) is 13.2 Å². The minimum Gasteiger partial charge on any atom is -0.396 e. The number of nitrogens with one attached hydrogen (secondary N) is 1. The lowest BCUT2D eigenvalue weighted by Crippen LogP contribution is -2.56. The van der Waals surface area contributed by atoms with E-state index in [4.69, 9.17) is 5.73 Å². The van der Waals surface area contributed by atoms with E-state index in [1.807, 2.05) is 0 Å². The van der Waals surface area contributed by atoms with Crippen LogP contribution >= 0.6 is 0 Å². The Balaban J connectivity index is 2.53. The summed E-state index contributed by atoms with van der Waals surface area (Å²) in [6.45, 7) is 7.73. The number of hydrogen-bond acceptors (Lipinski definition) is 3. The fraction of sp³-hybridized carbons (Fsp3) is 1.00. The molecule has 0 aromatic rings. The van der Waals surface area contributed by atoms with Crippen molar-refractivity contribution in [3.8, 4) is 0 Å². The number of hydrogen-bond donors (Lipinski definition) is 3. The van der Waals surface area contributed by atoms with Crippen LogP contribution in [0.25, 0.3) is 0 Å². The summed E-state index contributed by atoms with van der Waals surface area (Å²) in [4.78, 5) is 0. The Bertz CT molecular complexity index is 233. The van der Waals surface area contributed by atoms with Gasteiger partial charge in [0.25, 0.3) is 0 Å². The molecule has 1 saturated carbocycles. The van der Waals surface area contributed by atoms with Gasteiger partial charge in [-0.05, 0) is 44.4 Å². The maximum atomic E-state index is 9.48. The van der Waals surface area contributed by atoms with Crippen LogP contribution < -0.4 is 11.1 Å². The largest absolute Gasteiger partial charge is 0.396 e. The minimum absolute atomic E-state index is 0.0275. The Hall–Kier alpha value is -0.120. The highest BCUT2D eigenvalue weighted by atomic mass is 16.3. The predicted octanol–water partition coefficient (Wildman–Crippen LogP) is 2.28. The van der Waals surface area contributed by atoms with Crippen LogP contribution in [-0.2, 0) is 0 Å². The maximum absolute atomic E-state index is 9.48. The summed E-state index contributed by atoms with van der Waals surface area (Å²) in [5.41, 5.74) is 6.00. The Labute approximate surface area is 113 Å². The van der Waals surface area contributed by atoms with Gasteiger partial charge in [0.05, 0.1) is 0 Å². The second kappa shape index (κ2) is 7.46. The van der Waals surface area contributed by atoms with Crippen molar-refractivity contribution < 1.29 is 5.11 Å². The van der Waals surface area contributed by atoms with Gasteiger partial charge in [0.15, 0.2) is 0 Å². The van der Waals surface area contributed by atoms with Crippen LogP contribution in [0.15, 0.2) is 0 Å². The van der Waals surface area contributed by atoms with E-state index in [1.54, 1.807) is 0 Å². The normalized spacial score (nSPS) is 28.3. The van der Waals surface area contributed by atoms with Crippen molar-refractivity contribution >= 4 is 0 Å². The van der Waals surface area contributed by atoms with Gasteiger partial charge in [-0.3, -0.25) is 0 Å². The lowest BCUT2D eigenvalue weighted by molar-refractivity contribution is 0.127. The monoisotopic (exact) mass is 256 g/mol. The Morgan fingerprint density at radius 3 is 2.56 bits per heavy atom. The molecule has 0 aromatic heterocycles. The van der Waals surface area contributed by atoms with E-state index in [1.165, 1.54) is 25.7 Å². The molecule has 0 spiro atoms. The van der Waals surface area contributed by atoms with E-state index in [0.29, 0.717) is 25.1 Å². The molecule has 3 heteroatoms. The zero-order chi connectivity index (χ0) is 13.6. The molecular formula is C15H32N2O. The predicted molar refractivity (Wildman–Crippen MR) is 77.5 cm³/mol. The molecule has 0 aliphatic heterocycles. The zero-order valence-corrected chi connectivity index (χ0v) is 12.4. The van der Waals surface area contributed by atoms with Crippen molar-refractivity contribution in [3.05, 3.63) is 0 Å². The molecular weight excluding hydrogens is 224 g/mol. The van der Waals surface area contributed by atoms with Gasteiger partial charge in [0, 0.05) is 24.7 Å². The first-order valence-corrected chi connectivity index (χ1v) is 7.59. The highest BCUT2D eigenvalue weighted by molar-refractivity contribution is 4.91. The molecule has 1 fully saturated rings. The van der Waals surface area contributed by atoms with Crippen LogP contribution in [0.5, 0.6) is 0 Å². The summed E-state index contributed by atoms with van der Waals surface area (Å²) >= 11 is 0. The van der Waals surface area contributed by atoms with Gasteiger partial charge in [-0.1, -0.05) is 26.7 Å². The average Bonchev–Trinajstić information content (AvgIpc) is 2.37. The maximum Gasteiger partial charge on any atom is 0.0474 e. The van der Waals surface area contributed by atoms with Crippen molar-refractivity contribution in [1.29, 1.82) is 0 Å². The Morgan fingerprint density at radius 1 is 1.33 bits per heavy atom. The van der Waals surface area contributed by atoms with Crippen LogP contribution in [0, 0.1) is 11.8 Å². The van der Waals surface area contributed by atoms with E-state index in [-0.39, 0.29) is 5.54 Å². The van der Waals surface area contributed by atoms with Crippen LogP contribution in [0.2, 0.25) is 0 Å². The Morgan fingerprint density at radius 2 is 2.00 bits per heavy atom. The molecule has 108 valence electrons. The highest BCUT2D eigenvalue weighted by Crippen LogP contribution is 2.27. The summed E-state index contributed by atoms with van der Waals surface area (Å²) in [7, 11) is 0. The molecule has 0 heterocycles. The number of aliphatic hydroxyl groups is 1. The van der Waals surface area contributed by atoms with Crippen LogP contribution in [0.3, 0.4) is 0 Å². The van der Waals surface area contributed by atoms with Gasteiger partial charge in [-0.25, -0.2) is 0 Å². The second-order valence-electron chi connectivity index (χ2n) is 6.68. The fourth-order valence-electron chi connectivity index (χ4n) is 2.90. The molecule has 3 atom stereocenters. The van der Waals surface area contributed by atoms with Crippen molar-refractivity contribution in [3.63, 3.8) is 0 Å². The highest BCUT2D eigenvalue weighted by Gasteiger charge is 2.31. The summed E-state index contributed by atoms with van der Waals surface area (Å²) in [6, 6.07) is 0.449. The third-order valence-electron chi connectivity index (χ3n) is 4.40. The first-order chi connectivity index (χ1) is 8.50. The van der Waals surface area contributed by atoms with Gasteiger partial charge in [-0.2, -0.15) is 0 Å². The quantitative estimate of drug-likeness (QED) is 0.655. The summed E-state index contributed by atoms with van der Waals surface area (Å²) in [5.74, 6) is 1.14. The summed E-state index contributed by atoms with van der Waals surface area (Å²) in [5, 5.41) is 13.2. The molecule has 4 N–H and O–H groups in total. The fourth-order valence-corrected chi connectivity index (χ4v) is 2.90. The summed E-state index contributed by atoms with van der Waals surface area (Å²) in [6.07, 6.45) is 7.20. The van der Waals surface area contributed by atoms with Gasteiger partial charge < -0.3 is 16.2 Å². The van der Waals surface area contributed by atoms with Crippen LogP contribution in [0.1, 0.15) is 59.3 Å². The number of nitrogens with two attached hydrogens (primary N) is 1. The van der Waals surface area contributed by atoms with Gasteiger partial charge in [0.2, 0.25) is 0 Å². The number of rotatable bonds is 7. The smallest absolute Gasteiger partial charge is 0.0474 e. The van der Waals surface area contributed by atoms with E-state index in [0.717, 1.165) is 18.8 Å². The van der Waals surface area contributed by atoms with Crippen LogP contribution in [-0.4, -0.2) is 29.8 Å². The van der Waals surface area contributed by atoms with Gasteiger partial charge in [0.1, 0.15) is 0 Å². The molecule has 0 amide bonds. The van der Waals surface area contributed by atoms with Gasteiger partial charge >= 0.3 is 0 Å². The lowest BCUT2D eigenvalue weighted by Gasteiger charge is -2.40. The lowest BCUT2D eigenvalue weighted by atomic mass is 9.82. The van der Waals surface area contributed by atoms with Crippen molar-refractivity contribution in [2.24, 2.45) is 17.6 Å². The molecule has 0 aromatic carbocycles. The molecule has 0 radical (unpaired) electrons. The molecule has 1 aliphatic carbocycles. The van der Waals surface area contributed by atoms with E-state index < -0.39 is 0 Å². The van der Waals surface area contributed by atoms with Crippen LogP contribution in [0.4, 0.5) is 0 Å². The van der Waals surface area contributed by atoms with E-state index >= 15 is 0 Å². The standard InChI is InChI=1S/C15H32N2O/c1-12(2)8-9-15(3,11-16)17-14-7-5-4-6-13(14)10-18/h12-14,17-18H,4-11,16H2,1-3H3. The molecule has 0 bridgehead atoms. The third kappa shape index (κ3) is 4.87. The Kier molecular flexibility index (Phi) is 6.61. The molecule has 1 rings (SSSR count). The van der Waals surface area contributed by atoms with E-state index in [9.17, 15) is 5.11 Å². The summed E-state index contributed by atoms with van der Waals surface area (Å²) < 4.78 is 0. The second-order valence-corrected chi connectivity index (χ2v) is 6.68. The number of aliphatic hydroxyl groups excluding tert-OH is 1. The SMILES string of the molecule is CC(C)CCC(C)(CN)NC1CCCCC1CO. The molecule has 3 unspecified atom stereocenters. The molecule has 18 heavy (non-hydrogen) atoms. The average molecular weight is 256 g/mol. The first kappa shape index (κ1) is 15.9. The van der Waals surface area contributed by atoms with Crippen molar-refractivity contribution in [1.82, 2.24) is 5.32 Å². The topological polar surface area (TPSA) is 58.3 Å². The van der Waals surface area contributed by atoms with Crippen molar-refractivity contribution in [2.45, 2.75) is 70.9 Å². The molecule has 3 nitrogen and oxygen atoms in total. The molecule has 1 aliphatic rings. The first-order valence-electron chi connectivity index (χ1n) is 7.59. The third-order valence-corrected chi connectivity index (χ3v) is 4.40. The zero-order valence-electron chi connectivity index (χ0n) is 12.4.